The van der Waals surface area contributed by atoms with E-state index in [0.29, 0.717) is 17.9 Å². The molecule has 5 nitrogen and oxygen atoms in total. The fourth-order valence-electron chi connectivity index (χ4n) is 2.71. The predicted molar refractivity (Wildman–Crippen MR) is 72.8 cm³/mol. The van der Waals surface area contributed by atoms with Gasteiger partial charge in [-0.2, -0.15) is 0 Å². The molecule has 1 aromatic heterocycles. The highest BCUT2D eigenvalue weighted by Gasteiger charge is 2.35. The quantitative estimate of drug-likeness (QED) is 0.822. The Morgan fingerprint density at radius 2 is 1.84 bits per heavy atom. The standard InChI is InChI=1S/C14H20N4O/c1-17(13(19)11-3-4-11)12-5-9-18(10-6-12)14-15-7-2-8-16-14/h2,7-8,11-12H,3-6,9-10H2,1H3. The van der Waals surface area contributed by atoms with E-state index in [1.807, 2.05) is 18.0 Å². The van der Waals surface area contributed by atoms with E-state index >= 15 is 0 Å². The van der Waals surface area contributed by atoms with Crippen LogP contribution < -0.4 is 4.90 Å². The van der Waals surface area contributed by atoms with Crippen LogP contribution in [-0.2, 0) is 4.79 Å². The molecule has 19 heavy (non-hydrogen) atoms. The molecule has 0 spiro atoms. The molecule has 0 N–H and O–H groups in total. The Bertz CT molecular complexity index is 438. The molecule has 1 aromatic rings. The minimum Gasteiger partial charge on any atom is -0.342 e. The summed E-state index contributed by atoms with van der Waals surface area (Å²) in [4.78, 5) is 24.8. The molecule has 0 atom stereocenters. The number of nitrogens with zero attached hydrogens (tertiary/aromatic N) is 4. The molecule has 1 amide bonds. The average molecular weight is 260 g/mol. The molecule has 1 saturated carbocycles. The van der Waals surface area contributed by atoms with Crippen molar-refractivity contribution in [3.05, 3.63) is 18.5 Å². The molecule has 1 aliphatic heterocycles. The van der Waals surface area contributed by atoms with Crippen molar-refractivity contribution in [2.45, 2.75) is 31.7 Å². The summed E-state index contributed by atoms with van der Waals surface area (Å²) in [6, 6.07) is 2.21. The molecular weight excluding hydrogens is 240 g/mol. The SMILES string of the molecule is CN(C(=O)C1CC1)C1CCN(c2ncccn2)CC1. The number of anilines is 1. The van der Waals surface area contributed by atoms with Crippen LogP contribution in [0.5, 0.6) is 0 Å². The van der Waals surface area contributed by atoms with E-state index in [9.17, 15) is 4.79 Å². The Kier molecular flexibility index (Phi) is 3.36. The van der Waals surface area contributed by atoms with E-state index in [1.54, 1.807) is 12.4 Å². The lowest BCUT2D eigenvalue weighted by Gasteiger charge is -2.36. The number of carbonyl (C=O) groups is 1. The highest BCUT2D eigenvalue weighted by Crippen LogP contribution is 2.32. The summed E-state index contributed by atoms with van der Waals surface area (Å²) < 4.78 is 0. The van der Waals surface area contributed by atoms with Gasteiger partial charge in [-0.3, -0.25) is 4.79 Å². The fourth-order valence-corrected chi connectivity index (χ4v) is 2.71. The Morgan fingerprint density at radius 3 is 2.42 bits per heavy atom. The van der Waals surface area contributed by atoms with Crippen molar-refractivity contribution in [2.24, 2.45) is 5.92 Å². The van der Waals surface area contributed by atoms with Crippen LogP contribution in [0.3, 0.4) is 0 Å². The van der Waals surface area contributed by atoms with Gasteiger partial charge in [0.25, 0.3) is 0 Å². The van der Waals surface area contributed by atoms with E-state index in [-0.39, 0.29) is 0 Å². The van der Waals surface area contributed by atoms with E-state index in [0.717, 1.165) is 44.7 Å². The summed E-state index contributed by atoms with van der Waals surface area (Å²) in [5.74, 6) is 1.46. The van der Waals surface area contributed by atoms with Crippen molar-refractivity contribution in [1.82, 2.24) is 14.9 Å². The number of hydrogen-bond donors (Lipinski definition) is 0. The van der Waals surface area contributed by atoms with Gasteiger partial charge in [0.15, 0.2) is 0 Å². The number of hydrogen-bond acceptors (Lipinski definition) is 4. The molecule has 2 heterocycles. The second kappa shape index (κ2) is 5.15. The summed E-state index contributed by atoms with van der Waals surface area (Å²) in [5, 5.41) is 0. The number of carbonyl (C=O) groups excluding carboxylic acids is 1. The summed E-state index contributed by atoms with van der Waals surface area (Å²) in [5.41, 5.74) is 0. The first-order valence-electron chi connectivity index (χ1n) is 7.04. The number of piperidine rings is 1. The molecule has 0 unspecified atom stereocenters. The largest absolute Gasteiger partial charge is 0.342 e. The molecule has 1 aliphatic carbocycles. The van der Waals surface area contributed by atoms with Gasteiger partial charge in [0, 0.05) is 44.5 Å². The molecule has 102 valence electrons. The van der Waals surface area contributed by atoms with E-state index in [4.69, 9.17) is 0 Å². The Morgan fingerprint density at radius 1 is 1.21 bits per heavy atom. The van der Waals surface area contributed by atoms with Gasteiger partial charge in [0.05, 0.1) is 0 Å². The van der Waals surface area contributed by atoms with E-state index in [2.05, 4.69) is 14.9 Å². The first-order valence-corrected chi connectivity index (χ1v) is 7.04. The van der Waals surface area contributed by atoms with Crippen LogP contribution in [0.2, 0.25) is 0 Å². The zero-order valence-electron chi connectivity index (χ0n) is 11.3. The highest BCUT2D eigenvalue weighted by atomic mass is 16.2. The monoisotopic (exact) mass is 260 g/mol. The number of rotatable bonds is 3. The molecule has 3 rings (SSSR count). The average Bonchev–Trinajstić information content (AvgIpc) is 3.31. The minimum absolute atomic E-state index is 0.320. The van der Waals surface area contributed by atoms with Crippen LogP contribution in [0.4, 0.5) is 5.95 Å². The van der Waals surface area contributed by atoms with Gasteiger partial charge >= 0.3 is 0 Å². The maximum Gasteiger partial charge on any atom is 0.225 e. The third-order valence-corrected chi connectivity index (χ3v) is 4.12. The summed E-state index contributed by atoms with van der Waals surface area (Å²) >= 11 is 0. The lowest BCUT2D eigenvalue weighted by atomic mass is 10.0. The van der Waals surface area contributed by atoms with Gasteiger partial charge in [-0.1, -0.05) is 0 Å². The zero-order chi connectivity index (χ0) is 13.2. The van der Waals surface area contributed by atoms with Gasteiger partial charge in [-0.15, -0.1) is 0 Å². The summed E-state index contributed by atoms with van der Waals surface area (Å²) in [6.07, 6.45) is 7.73. The van der Waals surface area contributed by atoms with Crippen LogP contribution in [-0.4, -0.2) is 47.0 Å². The zero-order valence-corrected chi connectivity index (χ0v) is 11.3. The van der Waals surface area contributed by atoms with Crippen molar-refractivity contribution in [3.8, 4) is 0 Å². The molecule has 2 aliphatic rings. The Hall–Kier alpha value is -1.65. The second-order valence-corrected chi connectivity index (χ2v) is 5.49. The first-order chi connectivity index (χ1) is 9.25. The molecule has 1 saturated heterocycles. The summed E-state index contributed by atoms with van der Waals surface area (Å²) in [6.45, 7) is 1.86. The number of aromatic nitrogens is 2. The van der Waals surface area contributed by atoms with Gasteiger partial charge in [-0.05, 0) is 31.7 Å². The Labute approximate surface area is 113 Å². The molecule has 5 heteroatoms. The third-order valence-electron chi connectivity index (χ3n) is 4.12. The molecule has 0 radical (unpaired) electrons. The predicted octanol–water partition coefficient (Wildman–Crippen LogP) is 1.31. The summed E-state index contributed by atoms with van der Waals surface area (Å²) in [7, 11) is 1.96. The fraction of sp³-hybridized carbons (Fsp3) is 0.643. The smallest absolute Gasteiger partial charge is 0.225 e. The third kappa shape index (κ3) is 2.69. The van der Waals surface area contributed by atoms with Gasteiger partial charge in [-0.25, -0.2) is 9.97 Å². The van der Waals surface area contributed by atoms with Gasteiger partial charge in [0.1, 0.15) is 0 Å². The minimum atomic E-state index is 0.320. The van der Waals surface area contributed by atoms with Crippen LogP contribution in [0.1, 0.15) is 25.7 Å². The van der Waals surface area contributed by atoms with Crippen molar-refractivity contribution in [1.29, 1.82) is 0 Å². The molecule has 2 fully saturated rings. The normalized spacial score (nSPS) is 20.4. The maximum atomic E-state index is 12.0. The van der Waals surface area contributed by atoms with Crippen LogP contribution >= 0.6 is 0 Å². The lowest BCUT2D eigenvalue weighted by molar-refractivity contribution is -0.133. The van der Waals surface area contributed by atoms with Gasteiger partial charge in [0.2, 0.25) is 11.9 Å². The van der Waals surface area contributed by atoms with Crippen LogP contribution in [0.25, 0.3) is 0 Å². The first kappa shape index (κ1) is 12.4. The molecular formula is C14H20N4O. The number of amides is 1. The second-order valence-electron chi connectivity index (χ2n) is 5.49. The van der Waals surface area contributed by atoms with Crippen molar-refractivity contribution >= 4 is 11.9 Å². The lowest BCUT2D eigenvalue weighted by Crippen LogP contribution is -2.46. The van der Waals surface area contributed by atoms with E-state index in [1.165, 1.54) is 0 Å². The maximum absolute atomic E-state index is 12.0. The van der Waals surface area contributed by atoms with Crippen LogP contribution in [0, 0.1) is 5.92 Å². The van der Waals surface area contributed by atoms with Crippen molar-refractivity contribution < 1.29 is 4.79 Å². The van der Waals surface area contributed by atoms with E-state index < -0.39 is 0 Å². The van der Waals surface area contributed by atoms with Crippen LogP contribution in [0.15, 0.2) is 18.5 Å². The Balaban J connectivity index is 1.55. The van der Waals surface area contributed by atoms with Gasteiger partial charge < -0.3 is 9.80 Å². The van der Waals surface area contributed by atoms with Crippen molar-refractivity contribution in [3.63, 3.8) is 0 Å². The van der Waals surface area contributed by atoms with Crippen molar-refractivity contribution in [2.75, 3.05) is 25.0 Å². The molecule has 0 aromatic carbocycles. The molecule has 0 bridgehead atoms. The highest BCUT2D eigenvalue weighted by molar-refractivity contribution is 5.81. The topological polar surface area (TPSA) is 49.3 Å².